The molecule has 2 aliphatic rings. The smallest absolute Gasteiger partial charge is 0.270 e. The van der Waals surface area contributed by atoms with Crippen LogP contribution in [0.15, 0.2) is 24.1 Å². The Kier molecular flexibility index (Phi) is 4.11. The number of hydroxylamine groups is 2. The van der Waals surface area contributed by atoms with Gasteiger partial charge in [0.2, 0.25) is 0 Å². The van der Waals surface area contributed by atoms with Crippen LogP contribution in [0.4, 0.5) is 0 Å². The van der Waals surface area contributed by atoms with Gasteiger partial charge in [-0.25, -0.2) is 15.0 Å². The Morgan fingerprint density at radius 1 is 1.43 bits per heavy atom. The first-order valence-electron chi connectivity index (χ1n) is 7.87. The van der Waals surface area contributed by atoms with Crippen molar-refractivity contribution < 1.29 is 9.63 Å². The van der Waals surface area contributed by atoms with E-state index in [0.29, 0.717) is 19.7 Å². The second kappa shape index (κ2) is 6.38. The van der Waals surface area contributed by atoms with Gasteiger partial charge in [-0.05, 0) is 12.8 Å². The van der Waals surface area contributed by atoms with Crippen molar-refractivity contribution in [3.63, 3.8) is 0 Å². The third-order valence-corrected chi connectivity index (χ3v) is 5.04. The number of amides is 1. The molecule has 0 spiro atoms. The number of fused-ring (bicyclic) bond motifs is 1. The van der Waals surface area contributed by atoms with Crippen LogP contribution < -0.4 is 0 Å². The van der Waals surface area contributed by atoms with Crippen molar-refractivity contribution in [2.75, 3.05) is 19.7 Å². The largest absolute Gasteiger partial charge is 0.319 e. The molecule has 8 heteroatoms. The van der Waals surface area contributed by atoms with Crippen LogP contribution in [0.1, 0.15) is 29.6 Å². The van der Waals surface area contributed by atoms with Gasteiger partial charge in [-0.15, -0.1) is 11.3 Å². The molecule has 2 aliphatic heterocycles. The van der Waals surface area contributed by atoms with Crippen LogP contribution >= 0.6 is 11.3 Å². The molecule has 0 aliphatic carbocycles. The van der Waals surface area contributed by atoms with Gasteiger partial charge in [-0.3, -0.25) is 14.5 Å². The number of hydrogen-bond acceptors (Lipinski definition) is 6. The van der Waals surface area contributed by atoms with Crippen LogP contribution in [-0.2, 0) is 22.7 Å². The van der Waals surface area contributed by atoms with Gasteiger partial charge in [0.25, 0.3) is 5.91 Å². The molecule has 0 bridgehead atoms. The quantitative estimate of drug-likeness (QED) is 0.851. The van der Waals surface area contributed by atoms with Gasteiger partial charge in [0.1, 0.15) is 11.0 Å². The van der Waals surface area contributed by atoms with E-state index in [1.54, 1.807) is 17.7 Å². The first-order valence-corrected chi connectivity index (χ1v) is 8.75. The Hall–Kier alpha value is -1.77. The summed E-state index contributed by atoms with van der Waals surface area (Å²) in [5.41, 5.74) is 1.06. The first-order chi connectivity index (χ1) is 11.3. The number of imidazole rings is 1. The minimum atomic E-state index is -0.278. The molecule has 1 fully saturated rings. The molecular formula is C15H19N5O2S. The molecule has 4 heterocycles. The maximum Gasteiger partial charge on any atom is 0.270 e. The lowest BCUT2D eigenvalue weighted by atomic mass is 10.1. The predicted octanol–water partition coefficient (Wildman–Crippen LogP) is 1.45. The van der Waals surface area contributed by atoms with Crippen LogP contribution in [0, 0.1) is 0 Å². The summed E-state index contributed by atoms with van der Waals surface area (Å²) in [6.07, 6.45) is 7.42. The normalized spacial score (nSPS) is 22.1. The van der Waals surface area contributed by atoms with Crippen molar-refractivity contribution in [1.82, 2.24) is 24.5 Å². The van der Waals surface area contributed by atoms with E-state index in [2.05, 4.69) is 14.9 Å². The Balaban J connectivity index is 1.54. The van der Waals surface area contributed by atoms with Gasteiger partial charge in [0.15, 0.2) is 0 Å². The van der Waals surface area contributed by atoms with Crippen molar-refractivity contribution in [1.29, 1.82) is 0 Å². The van der Waals surface area contributed by atoms with E-state index >= 15 is 0 Å². The van der Waals surface area contributed by atoms with Crippen molar-refractivity contribution >= 4 is 17.2 Å². The Morgan fingerprint density at radius 2 is 2.39 bits per heavy atom. The van der Waals surface area contributed by atoms with Crippen LogP contribution in [0.5, 0.6) is 0 Å². The molecule has 4 rings (SSSR count). The molecule has 23 heavy (non-hydrogen) atoms. The fourth-order valence-electron chi connectivity index (χ4n) is 3.14. The van der Waals surface area contributed by atoms with E-state index in [-0.39, 0.29) is 11.9 Å². The molecule has 1 unspecified atom stereocenters. The molecule has 122 valence electrons. The molecule has 0 radical (unpaired) electrons. The van der Waals surface area contributed by atoms with E-state index in [1.807, 2.05) is 22.3 Å². The summed E-state index contributed by atoms with van der Waals surface area (Å²) in [6, 6.07) is -0.278. The number of carbonyl (C=O) groups excluding carboxylic acids is 1. The number of thiazole rings is 1. The minimum absolute atomic E-state index is 0.0211. The summed E-state index contributed by atoms with van der Waals surface area (Å²) in [6.45, 7) is 3.49. The fraction of sp³-hybridized carbons (Fsp3) is 0.533. The van der Waals surface area contributed by atoms with Gasteiger partial charge >= 0.3 is 0 Å². The zero-order valence-electron chi connectivity index (χ0n) is 12.8. The summed E-state index contributed by atoms with van der Waals surface area (Å²) in [4.78, 5) is 29.2. The highest BCUT2D eigenvalue weighted by molar-refractivity contribution is 7.09. The van der Waals surface area contributed by atoms with Crippen molar-refractivity contribution in [2.45, 2.75) is 32.0 Å². The topological polar surface area (TPSA) is 63.5 Å². The highest BCUT2D eigenvalue weighted by atomic mass is 32.1. The number of nitrogens with zero attached hydrogens (tertiary/aromatic N) is 5. The molecule has 1 amide bonds. The zero-order valence-corrected chi connectivity index (χ0v) is 13.6. The molecule has 2 aromatic rings. The lowest BCUT2D eigenvalue weighted by Crippen LogP contribution is -2.47. The van der Waals surface area contributed by atoms with Gasteiger partial charge in [0, 0.05) is 37.4 Å². The molecule has 2 aromatic heterocycles. The summed E-state index contributed by atoms with van der Waals surface area (Å²) in [5.74, 6) is 0.0211. The average Bonchev–Trinajstić information content (AvgIpc) is 3.26. The highest BCUT2D eigenvalue weighted by Crippen LogP contribution is 2.25. The monoisotopic (exact) mass is 333 g/mol. The number of rotatable bonds is 3. The predicted molar refractivity (Wildman–Crippen MR) is 84.4 cm³/mol. The van der Waals surface area contributed by atoms with Crippen LogP contribution in [0.2, 0.25) is 0 Å². The molecular weight excluding hydrogens is 314 g/mol. The minimum Gasteiger partial charge on any atom is -0.319 e. The number of carbonyl (C=O) groups is 1. The van der Waals surface area contributed by atoms with E-state index < -0.39 is 0 Å². The van der Waals surface area contributed by atoms with E-state index in [1.165, 1.54) is 5.06 Å². The molecule has 1 saturated heterocycles. The van der Waals surface area contributed by atoms with Crippen LogP contribution in [0.3, 0.4) is 0 Å². The van der Waals surface area contributed by atoms with Crippen molar-refractivity contribution in [2.24, 2.45) is 0 Å². The van der Waals surface area contributed by atoms with E-state index in [9.17, 15) is 4.79 Å². The first kappa shape index (κ1) is 14.8. The second-order valence-electron chi connectivity index (χ2n) is 5.88. The highest BCUT2D eigenvalue weighted by Gasteiger charge is 2.34. The lowest BCUT2D eigenvalue weighted by molar-refractivity contribution is -0.201. The molecule has 7 nitrogen and oxygen atoms in total. The maximum atomic E-state index is 12.9. The Labute approximate surface area is 138 Å². The standard InChI is InChI=1S/C15H19N5O2S/c21-15(20-4-1-2-5-22-20)13-9-18(10-14-17-3-6-23-14)8-12-7-16-11-19(12)13/h3,6-7,11,13H,1-2,4-5,8-10H2. The molecule has 0 aromatic carbocycles. The van der Waals surface area contributed by atoms with Gasteiger partial charge < -0.3 is 4.57 Å². The SMILES string of the molecule is O=C(C1CN(Cc2nccs2)Cc2cncn21)N1CCCCO1. The Bertz CT molecular complexity index is 665. The van der Waals surface area contributed by atoms with Gasteiger partial charge in [-0.2, -0.15) is 0 Å². The molecule has 1 atom stereocenters. The zero-order chi connectivity index (χ0) is 15.6. The fourth-order valence-corrected chi connectivity index (χ4v) is 3.80. The van der Waals surface area contributed by atoms with Gasteiger partial charge in [-0.1, -0.05) is 0 Å². The summed E-state index contributed by atoms with van der Waals surface area (Å²) >= 11 is 1.64. The summed E-state index contributed by atoms with van der Waals surface area (Å²) < 4.78 is 1.98. The number of hydrogen-bond donors (Lipinski definition) is 0. The third-order valence-electron chi connectivity index (χ3n) is 4.27. The van der Waals surface area contributed by atoms with Crippen LogP contribution in [0.25, 0.3) is 0 Å². The number of aromatic nitrogens is 3. The van der Waals surface area contributed by atoms with Crippen molar-refractivity contribution in [3.8, 4) is 0 Å². The van der Waals surface area contributed by atoms with E-state index in [4.69, 9.17) is 4.84 Å². The summed E-state index contributed by atoms with van der Waals surface area (Å²) in [7, 11) is 0. The second-order valence-corrected chi connectivity index (χ2v) is 6.86. The maximum absolute atomic E-state index is 12.9. The molecule has 0 saturated carbocycles. The Morgan fingerprint density at radius 3 is 3.17 bits per heavy atom. The average molecular weight is 333 g/mol. The lowest BCUT2D eigenvalue weighted by Gasteiger charge is -2.36. The molecule has 0 N–H and O–H groups in total. The van der Waals surface area contributed by atoms with Crippen LogP contribution in [-0.4, -0.2) is 50.1 Å². The van der Waals surface area contributed by atoms with Gasteiger partial charge in [0.05, 0.1) is 25.2 Å². The van der Waals surface area contributed by atoms with E-state index in [0.717, 1.165) is 36.6 Å². The summed E-state index contributed by atoms with van der Waals surface area (Å²) in [5, 5.41) is 4.58. The van der Waals surface area contributed by atoms with Crippen molar-refractivity contribution in [3.05, 3.63) is 34.8 Å². The third kappa shape index (κ3) is 3.01.